The van der Waals surface area contributed by atoms with Crippen molar-refractivity contribution in [3.63, 3.8) is 0 Å². The number of imide groups is 2. The van der Waals surface area contributed by atoms with E-state index in [-0.39, 0.29) is 0 Å². The number of carbonyl (C=O) groups is 3. The number of hydrogen-bond acceptors (Lipinski definition) is 4. The number of barbiturate groups is 1. The molecular formula is C16H23N3O3. The van der Waals surface area contributed by atoms with Gasteiger partial charge < -0.3 is 0 Å². The maximum Gasteiger partial charge on any atom is 0.332 e. The van der Waals surface area contributed by atoms with Gasteiger partial charge in [-0.05, 0) is 39.0 Å². The van der Waals surface area contributed by atoms with Crippen LogP contribution in [0.3, 0.4) is 0 Å². The summed E-state index contributed by atoms with van der Waals surface area (Å²) in [5, 5.41) is 0. The van der Waals surface area contributed by atoms with Crippen LogP contribution in [0.4, 0.5) is 4.79 Å². The van der Waals surface area contributed by atoms with E-state index in [1.165, 1.54) is 32.5 Å². The van der Waals surface area contributed by atoms with Gasteiger partial charge in [-0.3, -0.25) is 24.4 Å². The largest absolute Gasteiger partial charge is 0.332 e. The molecule has 0 atom stereocenters. The highest BCUT2D eigenvalue weighted by molar-refractivity contribution is 6.26. The fourth-order valence-electron chi connectivity index (χ4n) is 2.86. The summed E-state index contributed by atoms with van der Waals surface area (Å²) in [6, 6.07) is -0.591. The van der Waals surface area contributed by atoms with Gasteiger partial charge in [0.15, 0.2) is 5.92 Å². The number of aliphatic imine (C=N–C) groups is 1. The van der Waals surface area contributed by atoms with Crippen molar-refractivity contribution in [3.05, 3.63) is 11.6 Å². The van der Waals surface area contributed by atoms with Gasteiger partial charge in [0.05, 0.1) is 0 Å². The predicted octanol–water partition coefficient (Wildman–Crippen LogP) is 2.00. The van der Waals surface area contributed by atoms with Gasteiger partial charge >= 0.3 is 6.03 Å². The molecule has 0 aromatic heterocycles. The smallest absolute Gasteiger partial charge is 0.293 e. The average molecular weight is 305 g/mol. The highest BCUT2D eigenvalue weighted by Gasteiger charge is 2.43. The number of urea groups is 1. The SMILES string of the molecule is CC(=NCCC1=CCCCC1)C1C(=O)N(C)C(=O)N(C)C1=O. The molecule has 6 heteroatoms. The summed E-state index contributed by atoms with van der Waals surface area (Å²) < 4.78 is 0. The summed E-state index contributed by atoms with van der Waals surface area (Å²) in [7, 11) is 2.78. The van der Waals surface area contributed by atoms with E-state index in [0.29, 0.717) is 12.3 Å². The topological polar surface area (TPSA) is 70.1 Å². The normalized spacial score (nSPS) is 21.5. The molecule has 4 amide bonds. The van der Waals surface area contributed by atoms with Crippen LogP contribution in [0.15, 0.2) is 16.6 Å². The van der Waals surface area contributed by atoms with Gasteiger partial charge in [-0.15, -0.1) is 0 Å². The Morgan fingerprint density at radius 2 is 1.82 bits per heavy atom. The number of nitrogens with zero attached hydrogens (tertiary/aromatic N) is 3. The Bertz CT molecular complexity index is 527. The van der Waals surface area contributed by atoms with Crippen molar-refractivity contribution >= 4 is 23.6 Å². The van der Waals surface area contributed by atoms with Crippen LogP contribution in [0.5, 0.6) is 0 Å². The quantitative estimate of drug-likeness (QED) is 0.453. The van der Waals surface area contributed by atoms with Gasteiger partial charge in [0.2, 0.25) is 11.8 Å². The molecule has 1 saturated heterocycles. The molecule has 2 rings (SSSR count). The zero-order valence-electron chi connectivity index (χ0n) is 13.5. The molecule has 1 heterocycles. The molecule has 2 aliphatic rings. The third kappa shape index (κ3) is 3.26. The second-order valence-corrected chi connectivity index (χ2v) is 5.89. The Hall–Kier alpha value is -1.98. The van der Waals surface area contributed by atoms with Crippen molar-refractivity contribution < 1.29 is 14.4 Å². The van der Waals surface area contributed by atoms with Gasteiger partial charge in [0, 0.05) is 26.4 Å². The summed E-state index contributed by atoms with van der Waals surface area (Å²) in [6.07, 6.45) is 7.88. The summed E-state index contributed by atoms with van der Waals surface area (Å²) in [4.78, 5) is 42.4. The molecule has 22 heavy (non-hydrogen) atoms. The third-order valence-electron chi connectivity index (χ3n) is 4.33. The summed E-state index contributed by atoms with van der Waals surface area (Å²) in [5.41, 5.74) is 1.89. The van der Waals surface area contributed by atoms with Crippen molar-refractivity contribution in [2.45, 2.75) is 39.0 Å². The first kappa shape index (κ1) is 16.4. The molecular weight excluding hydrogens is 282 g/mol. The Morgan fingerprint density at radius 3 is 2.36 bits per heavy atom. The first-order valence-electron chi connectivity index (χ1n) is 7.71. The van der Waals surface area contributed by atoms with Gasteiger partial charge in [0.25, 0.3) is 0 Å². The van der Waals surface area contributed by atoms with Crippen LogP contribution in [0.25, 0.3) is 0 Å². The fourth-order valence-corrected chi connectivity index (χ4v) is 2.86. The summed E-state index contributed by atoms with van der Waals surface area (Å²) in [6.45, 7) is 2.27. The first-order chi connectivity index (χ1) is 10.4. The molecule has 0 aromatic rings. The fraction of sp³-hybridized carbons (Fsp3) is 0.625. The number of carbonyl (C=O) groups excluding carboxylic acids is 3. The molecule has 0 bridgehead atoms. The van der Waals surface area contributed by atoms with Crippen LogP contribution in [-0.4, -0.2) is 54.0 Å². The molecule has 0 saturated carbocycles. The number of rotatable bonds is 4. The van der Waals surface area contributed by atoms with Crippen LogP contribution in [0.1, 0.15) is 39.0 Å². The molecule has 1 aliphatic heterocycles. The van der Waals surface area contributed by atoms with E-state index in [9.17, 15) is 14.4 Å². The van der Waals surface area contributed by atoms with Crippen LogP contribution >= 0.6 is 0 Å². The minimum atomic E-state index is -0.965. The molecule has 6 nitrogen and oxygen atoms in total. The lowest BCUT2D eigenvalue weighted by Gasteiger charge is -2.32. The van der Waals surface area contributed by atoms with E-state index in [2.05, 4.69) is 11.1 Å². The maximum absolute atomic E-state index is 12.2. The monoisotopic (exact) mass is 305 g/mol. The number of amides is 4. The number of allylic oxidation sites excluding steroid dienone is 1. The van der Waals surface area contributed by atoms with Crippen LogP contribution in [0.2, 0.25) is 0 Å². The minimum absolute atomic E-state index is 0.484. The Morgan fingerprint density at radius 1 is 1.18 bits per heavy atom. The van der Waals surface area contributed by atoms with Gasteiger partial charge in [-0.25, -0.2) is 4.79 Å². The molecule has 1 fully saturated rings. The van der Waals surface area contributed by atoms with Crippen molar-refractivity contribution in [3.8, 4) is 0 Å². The Labute approximate surface area is 130 Å². The highest BCUT2D eigenvalue weighted by atomic mass is 16.2. The van der Waals surface area contributed by atoms with Gasteiger partial charge in [-0.2, -0.15) is 0 Å². The standard InChI is InChI=1S/C16H23N3O3/c1-11(17-10-9-12-7-5-4-6-8-12)13-14(20)18(2)16(22)19(3)15(13)21/h7,13H,4-6,8-10H2,1-3H3. The van der Waals surface area contributed by atoms with E-state index in [1.807, 2.05) is 0 Å². The second kappa shape index (κ2) is 6.85. The molecule has 0 N–H and O–H groups in total. The predicted molar refractivity (Wildman–Crippen MR) is 83.6 cm³/mol. The van der Waals surface area contributed by atoms with Gasteiger partial charge in [-0.1, -0.05) is 11.6 Å². The summed E-state index contributed by atoms with van der Waals surface area (Å²) >= 11 is 0. The van der Waals surface area contributed by atoms with Crippen LogP contribution in [0, 0.1) is 5.92 Å². The van der Waals surface area contributed by atoms with Gasteiger partial charge in [0.1, 0.15) is 0 Å². The molecule has 1 aliphatic carbocycles. The van der Waals surface area contributed by atoms with E-state index in [0.717, 1.165) is 29.1 Å². The molecule has 0 spiro atoms. The molecule has 0 aromatic carbocycles. The Kier molecular flexibility index (Phi) is 5.11. The molecule has 0 unspecified atom stereocenters. The third-order valence-corrected chi connectivity index (χ3v) is 4.33. The van der Waals surface area contributed by atoms with Crippen LogP contribution < -0.4 is 0 Å². The highest BCUT2D eigenvalue weighted by Crippen LogP contribution is 2.21. The average Bonchev–Trinajstić information content (AvgIpc) is 2.52. The van der Waals surface area contributed by atoms with Crippen molar-refractivity contribution in [1.82, 2.24) is 9.80 Å². The molecule has 120 valence electrons. The van der Waals surface area contributed by atoms with Crippen molar-refractivity contribution in [1.29, 1.82) is 0 Å². The van der Waals surface area contributed by atoms with E-state index in [4.69, 9.17) is 0 Å². The van der Waals surface area contributed by atoms with Crippen LogP contribution in [-0.2, 0) is 9.59 Å². The first-order valence-corrected chi connectivity index (χ1v) is 7.71. The van der Waals surface area contributed by atoms with Crippen molar-refractivity contribution in [2.24, 2.45) is 10.9 Å². The van der Waals surface area contributed by atoms with E-state index < -0.39 is 23.8 Å². The zero-order chi connectivity index (χ0) is 16.3. The van der Waals surface area contributed by atoms with Crippen molar-refractivity contribution in [2.75, 3.05) is 20.6 Å². The lowest BCUT2D eigenvalue weighted by molar-refractivity contribution is -0.144. The zero-order valence-corrected chi connectivity index (χ0v) is 13.5. The second-order valence-electron chi connectivity index (χ2n) is 5.89. The Balaban J connectivity index is 2.03. The summed E-state index contributed by atoms with van der Waals surface area (Å²) in [5.74, 6) is -1.95. The maximum atomic E-state index is 12.2. The molecule has 0 radical (unpaired) electrons. The van der Waals surface area contributed by atoms with E-state index in [1.54, 1.807) is 6.92 Å². The number of hydrogen-bond donors (Lipinski definition) is 0. The lowest BCUT2D eigenvalue weighted by Crippen LogP contribution is -2.58. The minimum Gasteiger partial charge on any atom is -0.293 e. The lowest BCUT2D eigenvalue weighted by atomic mass is 9.97. The van der Waals surface area contributed by atoms with E-state index >= 15 is 0 Å².